The van der Waals surface area contributed by atoms with Crippen molar-refractivity contribution in [2.45, 2.75) is 45.3 Å². The average Bonchev–Trinajstić information content (AvgIpc) is 2.82. The minimum atomic E-state index is -1.01. The molecule has 0 bridgehead atoms. The molecular weight excluding hydrogens is 494 g/mol. The number of anilines is 1. The molecule has 3 amide bonds. The van der Waals surface area contributed by atoms with Crippen molar-refractivity contribution >= 4 is 47.4 Å². The number of halogens is 3. The van der Waals surface area contributed by atoms with Crippen LogP contribution in [-0.2, 0) is 20.8 Å². The minimum Gasteiger partial charge on any atom is -0.343 e. The first-order valence-electron chi connectivity index (χ1n) is 11.3. The van der Waals surface area contributed by atoms with Gasteiger partial charge < -0.3 is 20.9 Å². The fraction of sp³-hybridized carbons (Fsp3) is 0.400. The second kappa shape index (κ2) is 12.3. The van der Waals surface area contributed by atoms with Gasteiger partial charge >= 0.3 is 0 Å². The highest BCUT2D eigenvalue weighted by Gasteiger charge is 2.40. The fourth-order valence-electron chi connectivity index (χ4n) is 4.00. The average molecular weight is 525 g/mol. The van der Waals surface area contributed by atoms with E-state index in [4.69, 9.17) is 11.6 Å². The van der Waals surface area contributed by atoms with Gasteiger partial charge in [-0.2, -0.15) is 0 Å². The third kappa shape index (κ3) is 6.31. The lowest BCUT2D eigenvalue weighted by molar-refractivity contribution is -0.144. The molecule has 0 saturated heterocycles. The normalized spacial score (nSPS) is 16.5. The van der Waals surface area contributed by atoms with E-state index in [0.29, 0.717) is 12.0 Å². The summed E-state index contributed by atoms with van der Waals surface area (Å²) in [6.07, 6.45) is 0.553. The van der Waals surface area contributed by atoms with Gasteiger partial charge in [-0.1, -0.05) is 55.8 Å². The van der Waals surface area contributed by atoms with Crippen LogP contribution in [0.3, 0.4) is 0 Å². The zero-order valence-electron chi connectivity index (χ0n) is 20.1. The molecule has 3 rings (SSSR count). The lowest BCUT2D eigenvalue weighted by atomic mass is 9.90. The van der Waals surface area contributed by atoms with E-state index in [1.165, 1.54) is 23.1 Å². The van der Waals surface area contributed by atoms with E-state index >= 15 is 0 Å². The number of para-hydroxylation sites is 1. The van der Waals surface area contributed by atoms with Crippen LogP contribution in [0.4, 0.5) is 10.1 Å². The molecule has 1 aliphatic rings. The van der Waals surface area contributed by atoms with E-state index in [9.17, 15) is 18.8 Å². The summed E-state index contributed by atoms with van der Waals surface area (Å²) in [4.78, 5) is 41.2. The smallest absolute Gasteiger partial charge is 0.251 e. The molecule has 0 radical (unpaired) electrons. The van der Waals surface area contributed by atoms with Crippen LogP contribution in [0.1, 0.15) is 37.9 Å². The van der Waals surface area contributed by atoms with E-state index < -0.39 is 29.8 Å². The Morgan fingerprint density at radius 1 is 1.09 bits per heavy atom. The number of fused-ring (bicyclic) bond motifs is 1. The molecular formula is C25H31Cl2FN4O3. The van der Waals surface area contributed by atoms with Crippen LogP contribution in [0.25, 0.3) is 0 Å². The van der Waals surface area contributed by atoms with Gasteiger partial charge in [0.25, 0.3) is 5.91 Å². The molecule has 0 aliphatic carbocycles. The highest BCUT2D eigenvalue weighted by atomic mass is 35.5. The van der Waals surface area contributed by atoms with Crippen LogP contribution in [0.5, 0.6) is 0 Å². The number of amides is 3. The number of hydrogen-bond donors (Lipinski definition) is 3. The molecule has 2 aromatic carbocycles. The number of nitrogens with one attached hydrogen (secondary N) is 3. The maximum absolute atomic E-state index is 14.4. The van der Waals surface area contributed by atoms with Crippen molar-refractivity contribution in [3.8, 4) is 0 Å². The summed E-state index contributed by atoms with van der Waals surface area (Å²) in [6.45, 7) is 5.64. The molecule has 3 atom stereocenters. The molecule has 7 nitrogen and oxygen atoms in total. The van der Waals surface area contributed by atoms with Crippen LogP contribution in [0.15, 0.2) is 42.5 Å². The van der Waals surface area contributed by atoms with Gasteiger partial charge in [0.2, 0.25) is 11.8 Å². The van der Waals surface area contributed by atoms with Gasteiger partial charge in [-0.25, -0.2) is 4.39 Å². The molecule has 2 aromatic rings. The molecule has 35 heavy (non-hydrogen) atoms. The Kier molecular flexibility index (Phi) is 10.1. The third-order valence-electron chi connectivity index (χ3n) is 6.08. The largest absolute Gasteiger partial charge is 0.343 e. The molecule has 190 valence electrons. The topological polar surface area (TPSA) is 90.5 Å². The van der Waals surface area contributed by atoms with Crippen molar-refractivity contribution in [3.05, 3.63) is 64.4 Å². The van der Waals surface area contributed by atoms with Crippen LogP contribution < -0.4 is 16.0 Å². The second-order valence-corrected chi connectivity index (χ2v) is 9.12. The Labute approximate surface area is 216 Å². The van der Waals surface area contributed by atoms with Crippen LogP contribution in [-0.4, -0.2) is 48.3 Å². The van der Waals surface area contributed by atoms with Crippen molar-refractivity contribution in [1.82, 2.24) is 15.5 Å². The molecule has 0 fully saturated rings. The van der Waals surface area contributed by atoms with Crippen molar-refractivity contribution < 1.29 is 18.8 Å². The minimum absolute atomic E-state index is 0. The highest BCUT2D eigenvalue weighted by Crippen LogP contribution is 2.33. The van der Waals surface area contributed by atoms with E-state index in [1.54, 1.807) is 26.1 Å². The molecule has 10 heteroatoms. The fourth-order valence-corrected chi connectivity index (χ4v) is 4.21. The lowest BCUT2D eigenvalue weighted by Gasteiger charge is -2.39. The molecule has 1 heterocycles. The summed E-state index contributed by atoms with van der Waals surface area (Å²) in [6, 6.07) is 9.15. The second-order valence-electron chi connectivity index (χ2n) is 8.71. The predicted octanol–water partition coefficient (Wildman–Crippen LogP) is 3.71. The maximum Gasteiger partial charge on any atom is 0.251 e. The van der Waals surface area contributed by atoms with E-state index in [-0.39, 0.29) is 47.4 Å². The first-order valence-corrected chi connectivity index (χ1v) is 11.6. The third-order valence-corrected chi connectivity index (χ3v) is 6.40. The van der Waals surface area contributed by atoms with Gasteiger partial charge in [0, 0.05) is 6.54 Å². The quantitative estimate of drug-likeness (QED) is 0.514. The monoisotopic (exact) mass is 524 g/mol. The van der Waals surface area contributed by atoms with Crippen LogP contribution >= 0.6 is 24.0 Å². The molecule has 3 N–H and O–H groups in total. The number of benzene rings is 2. The van der Waals surface area contributed by atoms with Gasteiger partial charge in [0.05, 0.1) is 16.8 Å². The summed E-state index contributed by atoms with van der Waals surface area (Å²) in [5, 5.41) is 8.30. The van der Waals surface area contributed by atoms with Crippen molar-refractivity contribution in [1.29, 1.82) is 0 Å². The number of nitrogens with zero attached hydrogens (tertiary/aromatic N) is 1. The first-order chi connectivity index (χ1) is 16.1. The van der Waals surface area contributed by atoms with Crippen LogP contribution in [0, 0.1) is 11.7 Å². The summed E-state index contributed by atoms with van der Waals surface area (Å²) < 4.78 is 14.4. The molecule has 1 aliphatic heterocycles. The zero-order valence-corrected chi connectivity index (χ0v) is 21.7. The standard InChI is InChI=1S/C25H30ClFN4O3.ClH/c1-14(2)20(29-23(32)15(3)28-4)25(34)31-13-12-16-8-5-6-9-17(16)22(31)24(33)30-21-18(26)10-7-11-19(21)27;/h5-11,14-15,20,22,28H,12-13H2,1-4H3,(H,29,32)(H,30,33);1H/t15-,20-,22-;/m0./s1. The summed E-state index contributed by atoms with van der Waals surface area (Å²) in [5.41, 5.74) is 1.45. The number of likely N-dealkylation sites (N-methyl/N-ethyl adjacent to an activating group) is 1. The van der Waals surface area contributed by atoms with Crippen molar-refractivity contribution in [2.75, 3.05) is 18.9 Å². The van der Waals surface area contributed by atoms with Gasteiger partial charge in [-0.15, -0.1) is 12.4 Å². The number of rotatable bonds is 7. The SMILES string of the molecule is CN[C@@H](C)C(=O)N[C@H](C(=O)N1CCc2ccccc2[C@H]1C(=O)Nc1c(F)cccc1Cl)C(C)C.Cl. The molecule has 0 saturated carbocycles. The zero-order chi connectivity index (χ0) is 25.0. The van der Waals surface area contributed by atoms with Gasteiger partial charge in [0.1, 0.15) is 17.9 Å². The van der Waals surface area contributed by atoms with Crippen molar-refractivity contribution in [2.24, 2.45) is 5.92 Å². The first kappa shape index (κ1) is 28.6. The van der Waals surface area contributed by atoms with Gasteiger partial charge in [-0.3, -0.25) is 14.4 Å². The maximum atomic E-state index is 14.4. The van der Waals surface area contributed by atoms with E-state index in [1.807, 2.05) is 26.0 Å². The van der Waals surface area contributed by atoms with E-state index in [0.717, 1.165) is 5.56 Å². The lowest BCUT2D eigenvalue weighted by Crippen LogP contribution is -2.57. The molecule has 0 unspecified atom stereocenters. The molecule has 0 aromatic heterocycles. The number of hydrogen-bond acceptors (Lipinski definition) is 4. The van der Waals surface area contributed by atoms with Crippen LogP contribution in [0.2, 0.25) is 5.02 Å². The Morgan fingerprint density at radius 2 is 1.77 bits per heavy atom. The van der Waals surface area contributed by atoms with E-state index in [2.05, 4.69) is 16.0 Å². The Hall–Kier alpha value is -2.68. The summed E-state index contributed by atoms with van der Waals surface area (Å²) in [7, 11) is 1.66. The van der Waals surface area contributed by atoms with Gasteiger partial charge in [-0.05, 0) is 49.6 Å². The van der Waals surface area contributed by atoms with Gasteiger partial charge in [0.15, 0.2) is 0 Å². The number of carbonyl (C=O) groups excluding carboxylic acids is 3. The Bertz CT molecular complexity index is 1060. The Balaban J connectivity index is 0.00000432. The number of carbonyl (C=O) groups is 3. The summed E-state index contributed by atoms with van der Waals surface area (Å²) >= 11 is 6.12. The molecule has 0 spiro atoms. The summed E-state index contributed by atoms with van der Waals surface area (Å²) in [5.74, 6) is -2.16. The van der Waals surface area contributed by atoms with Crippen molar-refractivity contribution in [3.63, 3.8) is 0 Å². The Morgan fingerprint density at radius 3 is 2.40 bits per heavy atom. The predicted molar refractivity (Wildman–Crippen MR) is 137 cm³/mol. The highest BCUT2D eigenvalue weighted by molar-refractivity contribution is 6.33.